The van der Waals surface area contributed by atoms with E-state index in [9.17, 15) is 5.11 Å². The second kappa shape index (κ2) is 2.51. The normalized spacial score (nSPS) is 33.0. The molecule has 1 rings (SSSR count). The van der Waals surface area contributed by atoms with Crippen LogP contribution >= 0.6 is 0 Å². The molecule has 0 aliphatic carbocycles. The second-order valence-electron chi connectivity index (χ2n) is 3.71. The van der Waals surface area contributed by atoms with Gasteiger partial charge in [0.25, 0.3) is 0 Å². The molecule has 1 heterocycles. The molecular formula is C8H17NO. The third-order valence-electron chi connectivity index (χ3n) is 2.40. The van der Waals surface area contributed by atoms with Crippen LogP contribution in [0.1, 0.15) is 27.2 Å². The molecule has 0 bridgehead atoms. The van der Waals surface area contributed by atoms with Crippen molar-refractivity contribution < 1.29 is 5.11 Å². The molecule has 0 saturated carbocycles. The van der Waals surface area contributed by atoms with Gasteiger partial charge in [0.05, 0.1) is 6.10 Å². The highest BCUT2D eigenvalue weighted by atomic mass is 16.3. The number of rotatable bonds is 1. The maximum atomic E-state index is 9.32. The zero-order valence-corrected chi connectivity index (χ0v) is 7.09. The lowest BCUT2D eigenvalue weighted by molar-refractivity contribution is 0.170. The highest BCUT2D eigenvalue weighted by Crippen LogP contribution is 2.27. The number of likely N-dealkylation sites (tertiary alicyclic amines) is 1. The van der Waals surface area contributed by atoms with Gasteiger partial charge in [0.15, 0.2) is 0 Å². The summed E-state index contributed by atoms with van der Waals surface area (Å²) in [5, 5.41) is 9.32. The van der Waals surface area contributed by atoms with Crippen LogP contribution in [0.5, 0.6) is 0 Å². The van der Waals surface area contributed by atoms with E-state index in [0.29, 0.717) is 0 Å². The van der Waals surface area contributed by atoms with Crippen molar-refractivity contribution in [1.82, 2.24) is 4.90 Å². The van der Waals surface area contributed by atoms with Gasteiger partial charge in [-0.3, -0.25) is 4.90 Å². The molecule has 0 spiro atoms. The monoisotopic (exact) mass is 143 g/mol. The summed E-state index contributed by atoms with van der Waals surface area (Å²) in [6.07, 6.45) is 0.816. The van der Waals surface area contributed by atoms with E-state index in [1.807, 2.05) is 0 Å². The molecule has 2 nitrogen and oxygen atoms in total. The number of hydrogen-bond acceptors (Lipinski definition) is 2. The zero-order valence-electron chi connectivity index (χ0n) is 7.09. The average Bonchev–Trinajstić information content (AvgIpc) is 2.04. The molecule has 2 heteroatoms. The third kappa shape index (κ3) is 1.32. The summed E-state index contributed by atoms with van der Waals surface area (Å²) in [6, 6.07) is 0. The van der Waals surface area contributed by atoms with Crippen molar-refractivity contribution in [1.29, 1.82) is 0 Å². The lowest BCUT2D eigenvalue weighted by atomic mass is 10.0. The summed E-state index contributed by atoms with van der Waals surface area (Å²) < 4.78 is 0. The fourth-order valence-electron chi connectivity index (χ4n) is 1.83. The molecule has 1 fully saturated rings. The Morgan fingerprint density at radius 3 is 2.40 bits per heavy atom. The van der Waals surface area contributed by atoms with E-state index in [0.717, 1.165) is 19.5 Å². The van der Waals surface area contributed by atoms with Crippen LogP contribution in [0.25, 0.3) is 0 Å². The minimum atomic E-state index is -0.102. The van der Waals surface area contributed by atoms with Gasteiger partial charge in [-0.15, -0.1) is 0 Å². The first-order chi connectivity index (χ1) is 4.56. The third-order valence-corrected chi connectivity index (χ3v) is 2.40. The molecule has 1 N–H and O–H groups in total. The highest BCUT2D eigenvalue weighted by molar-refractivity contribution is 4.91. The fraction of sp³-hybridized carbons (Fsp3) is 1.00. The van der Waals surface area contributed by atoms with E-state index < -0.39 is 0 Å². The van der Waals surface area contributed by atoms with Crippen LogP contribution in [0.15, 0.2) is 0 Å². The van der Waals surface area contributed by atoms with E-state index in [1.54, 1.807) is 0 Å². The molecule has 0 aromatic rings. The molecule has 0 amide bonds. The van der Waals surface area contributed by atoms with Crippen molar-refractivity contribution in [3.63, 3.8) is 0 Å². The van der Waals surface area contributed by atoms with E-state index in [4.69, 9.17) is 0 Å². The summed E-state index contributed by atoms with van der Waals surface area (Å²) in [7, 11) is 0. The maximum Gasteiger partial charge on any atom is 0.0684 e. The molecular weight excluding hydrogens is 126 g/mol. The molecule has 10 heavy (non-hydrogen) atoms. The molecule has 0 aromatic heterocycles. The van der Waals surface area contributed by atoms with Gasteiger partial charge in [-0.05, 0) is 26.8 Å². The second-order valence-corrected chi connectivity index (χ2v) is 3.71. The lowest BCUT2D eigenvalue weighted by Gasteiger charge is -2.29. The molecule has 60 valence electrons. The fourth-order valence-corrected chi connectivity index (χ4v) is 1.83. The SMILES string of the molecule is CCN1CC(O)CC1(C)C. The minimum Gasteiger partial charge on any atom is -0.392 e. The van der Waals surface area contributed by atoms with Crippen LogP contribution in [-0.4, -0.2) is 34.7 Å². The Morgan fingerprint density at radius 2 is 2.20 bits per heavy atom. The van der Waals surface area contributed by atoms with Crippen molar-refractivity contribution in [3.8, 4) is 0 Å². The summed E-state index contributed by atoms with van der Waals surface area (Å²) in [5.74, 6) is 0. The zero-order chi connectivity index (χ0) is 7.78. The van der Waals surface area contributed by atoms with E-state index in [-0.39, 0.29) is 11.6 Å². The minimum absolute atomic E-state index is 0.102. The Morgan fingerprint density at radius 1 is 1.60 bits per heavy atom. The van der Waals surface area contributed by atoms with Gasteiger partial charge in [0.2, 0.25) is 0 Å². The van der Waals surface area contributed by atoms with Gasteiger partial charge in [-0.2, -0.15) is 0 Å². The van der Waals surface area contributed by atoms with Gasteiger partial charge < -0.3 is 5.11 Å². The Balaban J connectivity index is 2.58. The first-order valence-electron chi connectivity index (χ1n) is 3.99. The molecule has 0 radical (unpaired) electrons. The maximum absolute atomic E-state index is 9.32. The summed E-state index contributed by atoms with van der Waals surface area (Å²) >= 11 is 0. The predicted molar refractivity (Wildman–Crippen MR) is 41.9 cm³/mol. The van der Waals surface area contributed by atoms with Crippen molar-refractivity contribution in [2.24, 2.45) is 0 Å². The molecule has 1 aliphatic rings. The van der Waals surface area contributed by atoms with Crippen molar-refractivity contribution in [2.75, 3.05) is 13.1 Å². The topological polar surface area (TPSA) is 23.5 Å². The highest BCUT2D eigenvalue weighted by Gasteiger charge is 2.35. The average molecular weight is 143 g/mol. The lowest BCUT2D eigenvalue weighted by Crippen LogP contribution is -2.37. The van der Waals surface area contributed by atoms with Crippen molar-refractivity contribution in [2.45, 2.75) is 38.8 Å². The predicted octanol–water partition coefficient (Wildman–Crippen LogP) is 0.851. The van der Waals surface area contributed by atoms with Crippen LogP contribution in [0.2, 0.25) is 0 Å². The Bertz CT molecular complexity index is 122. The number of likely N-dealkylation sites (N-methyl/N-ethyl adjacent to an activating group) is 1. The van der Waals surface area contributed by atoms with E-state index in [1.165, 1.54) is 0 Å². The van der Waals surface area contributed by atoms with Crippen LogP contribution in [0.3, 0.4) is 0 Å². The molecule has 1 aliphatic heterocycles. The summed E-state index contributed by atoms with van der Waals surface area (Å²) in [6.45, 7) is 8.41. The van der Waals surface area contributed by atoms with Crippen molar-refractivity contribution in [3.05, 3.63) is 0 Å². The number of aliphatic hydroxyl groups excluding tert-OH is 1. The van der Waals surface area contributed by atoms with Crippen LogP contribution in [0, 0.1) is 0 Å². The molecule has 1 saturated heterocycles. The van der Waals surface area contributed by atoms with Gasteiger partial charge in [-0.25, -0.2) is 0 Å². The number of aliphatic hydroxyl groups is 1. The first kappa shape index (κ1) is 8.02. The Kier molecular flexibility index (Phi) is 2.02. The van der Waals surface area contributed by atoms with Crippen LogP contribution < -0.4 is 0 Å². The van der Waals surface area contributed by atoms with Crippen molar-refractivity contribution >= 4 is 0 Å². The number of hydrogen-bond donors (Lipinski definition) is 1. The number of nitrogens with zero attached hydrogens (tertiary/aromatic N) is 1. The van der Waals surface area contributed by atoms with Crippen LogP contribution in [-0.2, 0) is 0 Å². The van der Waals surface area contributed by atoms with Crippen LogP contribution in [0.4, 0.5) is 0 Å². The first-order valence-corrected chi connectivity index (χ1v) is 3.99. The van der Waals surface area contributed by atoms with Gasteiger partial charge >= 0.3 is 0 Å². The number of β-amino-alcohol motifs (C(OH)–C–C–N with tert-alkyl or cyclic N) is 1. The summed E-state index contributed by atoms with van der Waals surface area (Å²) in [5.41, 5.74) is 0.216. The summed E-state index contributed by atoms with van der Waals surface area (Å²) in [4.78, 5) is 2.32. The van der Waals surface area contributed by atoms with Gasteiger partial charge in [0.1, 0.15) is 0 Å². The van der Waals surface area contributed by atoms with E-state index >= 15 is 0 Å². The standard InChI is InChI=1S/C8H17NO/c1-4-9-6-7(10)5-8(9,2)3/h7,10H,4-6H2,1-3H3. The Hall–Kier alpha value is -0.0800. The quantitative estimate of drug-likeness (QED) is 0.588. The molecule has 1 unspecified atom stereocenters. The molecule has 0 aromatic carbocycles. The largest absolute Gasteiger partial charge is 0.392 e. The smallest absolute Gasteiger partial charge is 0.0684 e. The van der Waals surface area contributed by atoms with E-state index in [2.05, 4.69) is 25.7 Å². The molecule has 1 atom stereocenters. The van der Waals surface area contributed by atoms with Gasteiger partial charge in [0, 0.05) is 12.1 Å². The van der Waals surface area contributed by atoms with Gasteiger partial charge in [-0.1, -0.05) is 6.92 Å². The Labute approximate surface area is 62.8 Å².